The van der Waals surface area contributed by atoms with E-state index in [0.717, 1.165) is 10.0 Å². The molecule has 196 valence electrons. The number of hydrogen-bond acceptors (Lipinski definition) is 0. The molecular formula is C37H40SiZr. The zero-order valence-corrected chi connectivity index (χ0v) is 27.6. The van der Waals surface area contributed by atoms with Crippen molar-refractivity contribution in [1.82, 2.24) is 0 Å². The minimum absolute atomic E-state index is 0.535. The van der Waals surface area contributed by atoms with Crippen molar-refractivity contribution in [3.63, 3.8) is 0 Å². The van der Waals surface area contributed by atoms with E-state index in [1.807, 2.05) is 0 Å². The van der Waals surface area contributed by atoms with E-state index in [2.05, 4.69) is 116 Å². The van der Waals surface area contributed by atoms with Gasteiger partial charge in [0.15, 0.2) is 0 Å². The third-order valence-electron chi connectivity index (χ3n) is 9.20. The third kappa shape index (κ3) is 5.16. The summed E-state index contributed by atoms with van der Waals surface area (Å²) in [5.41, 5.74) is 12.0. The molecule has 0 amide bonds. The van der Waals surface area contributed by atoms with Crippen molar-refractivity contribution >= 4 is 32.4 Å². The van der Waals surface area contributed by atoms with Crippen LogP contribution in [0.1, 0.15) is 67.2 Å². The number of rotatable bonds is 5. The molecule has 3 atom stereocenters. The van der Waals surface area contributed by atoms with E-state index in [4.69, 9.17) is 0 Å². The Morgan fingerprint density at radius 2 is 1.51 bits per heavy atom. The summed E-state index contributed by atoms with van der Waals surface area (Å²) in [5, 5.41) is 2.77. The molecule has 0 bridgehead atoms. The Morgan fingerprint density at radius 3 is 2.23 bits per heavy atom. The van der Waals surface area contributed by atoms with Crippen LogP contribution in [0.25, 0.3) is 34.1 Å². The fraction of sp³-hybridized carbons (Fsp3) is 0.297. The van der Waals surface area contributed by atoms with Crippen LogP contribution < -0.4 is 0 Å². The van der Waals surface area contributed by atoms with Crippen LogP contribution in [0.4, 0.5) is 0 Å². The van der Waals surface area contributed by atoms with Crippen molar-refractivity contribution in [2.75, 3.05) is 0 Å². The summed E-state index contributed by atoms with van der Waals surface area (Å²) in [6.45, 7) is 4.73. The van der Waals surface area contributed by atoms with Crippen LogP contribution in [0, 0.1) is 0 Å². The predicted molar refractivity (Wildman–Crippen MR) is 170 cm³/mol. The summed E-state index contributed by atoms with van der Waals surface area (Å²) < 4.78 is 3.29. The molecule has 0 radical (unpaired) electrons. The van der Waals surface area contributed by atoms with Crippen LogP contribution in [0.5, 0.6) is 0 Å². The average Bonchev–Trinajstić information content (AvgIpc) is 3.75. The minimum atomic E-state index is -0.617. The summed E-state index contributed by atoms with van der Waals surface area (Å²) in [5.74, 6) is 1.09. The normalized spacial score (nSPS) is 20.0. The van der Waals surface area contributed by atoms with Gasteiger partial charge in [-0.25, -0.2) is 0 Å². The van der Waals surface area contributed by atoms with Gasteiger partial charge in [-0.3, -0.25) is 0 Å². The first-order valence-corrected chi connectivity index (χ1v) is 20.8. The number of fused-ring (bicyclic) bond motifs is 4. The average molecular weight is 604 g/mol. The van der Waals surface area contributed by atoms with E-state index < -0.39 is 23.2 Å². The Labute approximate surface area is 249 Å². The molecule has 3 unspecified atom stereocenters. The molecule has 2 heteroatoms. The van der Waals surface area contributed by atoms with Crippen molar-refractivity contribution in [3.05, 3.63) is 118 Å². The van der Waals surface area contributed by atoms with Crippen molar-refractivity contribution in [2.24, 2.45) is 0 Å². The van der Waals surface area contributed by atoms with E-state index in [0.29, 0.717) is 21.4 Å². The van der Waals surface area contributed by atoms with Gasteiger partial charge in [-0.15, -0.1) is 0 Å². The molecule has 7 rings (SSSR count). The van der Waals surface area contributed by atoms with Crippen LogP contribution in [0.2, 0.25) is 20.3 Å². The Morgan fingerprint density at radius 1 is 0.769 bits per heavy atom. The van der Waals surface area contributed by atoms with Gasteiger partial charge >= 0.3 is 216 Å². The predicted octanol–water partition coefficient (Wildman–Crippen LogP) is 10.3. The summed E-state index contributed by atoms with van der Waals surface area (Å²) >= 11 is -0.617. The molecule has 1 saturated heterocycles. The second kappa shape index (κ2) is 12.1. The molecule has 4 aromatic carbocycles. The first-order chi connectivity index (χ1) is 19.2. The molecule has 1 aliphatic heterocycles. The summed E-state index contributed by atoms with van der Waals surface area (Å²) in [6, 6.07) is 34.9. The Hall–Kier alpha value is -2.28. The van der Waals surface area contributed by atoms with E-state index in [1.165, 1.54) is 33.0 Å². The fourth-order valence-electron chi connectivity index (χ4n) is 7.30. The second-order valence-corrected chi connectivity index (χ2v) is 16.6. The Kier molecular flexibility index (Phi) is 8.33. The first-order valence-electron chi connectivity index (χ1n) is 15.0. The first kappa shape index (κ1) is 26.9. The number of hydrogen-bond donors (Lipinski definition) is 0. The molecule has 1 fully saturated rings. The van der Waals surface area contributed by atoms with Gasteiger partial charge in [0.2, 0.25) is 0 Å². The summed E-state index contributed by atoms with van der Waals surface area (Å²) in [6.07, 6.45) is 9.30. The monoisotopic (exact) mass is 602 g/mol. The van der Waals surface area contributed by atoms with Crippen molar-refractivity contribution < 1.29 is 23.2 Å². The zero-order chi connectivity index (χ0) is 26.8. The van der Waals surface area contributed by atoms with E-state index in [9.17, 15) is 0 Å². The summed E-state index contributed by atoms with van der Waals surface area (Å²) in [7, 11) is 0.543. The van der Waals surface area contributed by atoms with Crippen LogP contribution >= 0.6 is 0 Å². The Balaban J connectivity index is 0.000000500. The van der Waals surface area contributed by atoms with Crippen molar-refractivity contribution in [1.29, 1.82) is 0 Å². The van der Waals surface area contributed by atoms with Gasteiger partial charge in [0.25, 0.3) is 0 Å². The molecule has 0 N–H and O–H groups in total. The van der Waals surface area contributed by atoms with Crippen molar-refractivity contribution in [2.45, 2.75) is 65.3 Å². The summed E-state index contributed by atoms with van der Waals surface area (Å²) in [4.78, 5) is 0. The van der Waals surface area contributed by atoms with Crippen LogP contribution in [-0.4, -0.2) is 9.52 Å². The standard InChI is InChI=1S/C32H27.C4H10Si.CH3.Zr/c1-3-22-19-32-25-13-8-7-12-24(25)16-17-28(32)30(22)20-29-21(2)18-31-26(14-9-15-27(29)31)23-10-5-4-6-11-23;1-2-4-5-3-1;;/h4-20,29-30H,3H2,1-2H3;1-5H2;1H3;. The molecule has 39 heavy (non-hydrogen) atoms. The van der Waals surface area contributed by atoms with E-state index >= 15 is 0 Å². The van der Waals surface area contributed by atoms with E-state index in [1.54, 1.807) is 47.2 Å². The van der Waals surface area contributed by atoms with Gasteiger partial charge in [0.1, 0.15) is 0 Å². The molecule has 0 spiro atoms. The molecule has 3 aliphatic rings. The molecule has 0 saturated carbocycles. The molecule has 0 aromatic heterocycles. The van der Waals surface area contributed by atoms with Gasteiger partial charge in [0.05, 0.1) is 0 Å². The molecule has 2 aliphatic carbocycles. The SMILES string of the molecule is C1CC[SiH2]C1.CCC1=Cc2c(ccc3ccccc23)C1[CH]([Zr][CH3])C1C(C)=Cc2c(-c3ccccc3)cccc21. The third-order valence-corrected chi connectivity index (χ3v) is 14.5. The van der Waals surface area contributed by atoms with Crippen LogP contribution in [0.15, 0.2) is 96.1 Å². The van der Waals surface area contributed by atoms with Gasteiger partial charge in [-0.2, -0.15) is 0 Å². The van der Waals surface area contributed by atoms with Crippen LogP contribution in [-0.2, 0) is 23.2 Å². The molecule has 4 aromatic rings. The fourth-order valence-corrected chi connectivity index (χ4v) is 12.8. The van der Waals surface area contributed by atoms with Gasteiger partial charge < -0.3 is 0 Å². The Bertz CT molecular complexity index is 1520. The van der Waals surface area contributed by atoms with Gasteiger partial charge in [-0.05, 0) is 0 Å². The molecular weight excluding hydrogens is 564 g/mol. The number of allylic oxidation sites excluding steroid dienone is 2. The zero-order valence-electron chi connectivity index (χ0n) is 23.7. The maximum absolute atomic E-state index is 2.56. The second-order valence-electron chi connectivity index (χ2n) is 11.5. The topological polar surface area (TPSA) is 0 Å². The van der Waals surface area contributed by atoms with Crippen molar-refractivity contribution in [3.8, 4) is 11.1 Å². The molecule has 0 nitrogen and oxygen atoms in total. The number of benzene rings is 4. The van der Waals surface area contributed by atoms with Gasteiger partial charge in [-0.1, -0.05) is 24.9 Å². The maximum atomic E-state index is 2.56. The van der Waals surface area contributed by atoms with Gasteiger partial charge in [0, 0.05) is 9.52 Å². The van der Waals surface area contributed by atoms with Crippen LogP contribution in [0.3, 0.4) is 0 Å². The van der Waals surface area contributed by atoms with E-state index in [-0.39, 0.29) is 0 Å². The quantitative estimate of drug-likeness (QED) is 0.199. The molecule has 1 heterocycles.